The third-order valence-corrected chi connectivity index (χ3v) is 4.71. The fourth-order valence-corrected chi connectivity index (χ4v) is 3.31. The van der Waals surface area contributed by atoms with Gasteiger partial charge in [-0.05, 0) is 37.1 Å². The molecule has 0 atom stereocenters. The third kappa shape index (κ3) is 3.88. The van der Waals surface area contributed by atoms with E-state index in [4.69, 9.17) is 14.2 Å². The highest BCUT2D eigenvalue weighted by molar-refractivity contribution is 6.08. The van der Waals surface area contributed by atoms with Crippen molar-refractivity contribution >= 4 is 23.2 Å². The minimum atomic E-state index is -0.363. The average molecular weight is 384 g/mol. The Kier molecular flexibility index (Phi) is 6.03. The molecule has 0 radical (unpaired) electrons. The van der Waals surface area contributed by atoms with Gasteiger partial charge < -0.3 is 24.4 Å². The molecule has 0 unspecified atom stereocenters. The van der Waals surface area contributed by atoms with Gasteiger partial charge in [-0.2, -0.15) is 0 Å². The van der Waals surface area contributed by atoms with Gasteiger partial charge in [0.15, 0.2) is 0 Å². The highest BCUT2D eigenvalue weighted by Crippen LogP contribution is 2.34. The van der Waals surface area contributed by atoms with Crippen LogP contribution in [0.25, 0.3) is 0 Å². The van der Waals surface area contributed by atoms with E-state index in [9.17, 15) is 9.59 Å². The van der Waals surface area contributed by atoms with Crippen LogP contribution in [0.4, 0.5) is 11.4 Å². The maximum absolute atomic E-state index is 12.8. The van der Waals surface area contributed by atoms with Gasteiger partial charge in [-0.3, -0.25) is 9.59 Å². The van der Waals surface area contributed by atoms with Gasteiger partial charge in [-0.1, -0.05) is 6.07 Å². The highest BCUT2D eigenvalue weighted by atomic mass is 16.5. The summed E-state index contributed by atoms with van der Waals surface area (Å²) in [7, 11) is 4.54. The lowest BCUT2D eigenvalue weighted by molar-refractivity contribution is -0.119. The summed E-state index contributed by atoms with van der Waals surface area (Å²) in [6.07, 6.45) is 2.41. The number of benzene rings is 2. The van der Waals surface area contributed by atoms with Crippen molar-refractivity contribution in [2.45, 2.75) is 19.3 Å². The fourth-order valence-electron chi connectivity index (χ4n) is 3.31. The van der Waals surface area contributed by atoms with E-state index in [1.165, 1.54) is 14.2 Å². The molecule has 2 aromatic carbocycles. The summed E-state index contributed by atoms with van der Waals surface area (Å²) in [5.74, 6) is 1.08. The molecule has 28 heavy (non-hydrogen) atoms. The van der Waals surface area contributed by atoms with Crippen molar-refractivity contribution in [2.24, 2.45) is 0 Å². The molecule has 0 aromatic heterocycles. The van der Waals surface area contributed by atoms with Gasteiger partial charge in [0.05, 0.1) is 27.0 Å². The van der Waals surface area contributed by atoms with Crippen molar-refractivity contribution in [3.05, 3.63) is 42.0 Å². The van der Waals surface area contributed by atoms with Crippen LogP contribution in [0.15, 0.2) is 36.4 Å². The normalized spacial score (nSPS) is 13.8. The molecule has 148 valence electrons. The topological polar surface area (TPSA) is 77.1 Å². The quantitative estimate of drug-likeness (QED) is 0.825. The van der Waals surface area contributed by atoms with E-state index in [1.807, 2.05) is 0 Å². The molecule has 0 saturated carbocycles. The number of piperidine rings is 1. The Balaban J connectivity index is 1.87. The number of methoxy groups -OCH3 is 3. The molecule has 1 aliphatic rings. The van der Waals surface area contributed by atoms with Crippen LogP contribution in [0.3, 0.4) is 0 Å². The van der Waals surface area contributed by atoms with Crippen molar-refractivity contribution in [2.75, 3.05) is 38.1 Å². The van der Waals surface area contributed by atoms with Crippen LogP contribution in [0.1, 0.15) is 29.6 Å². The van der Waals surface area contributed by atoms with E-state index in [0.717, 1.165) is 12.8 Å². The Morgan fingerprint density at radius 1 is 0.964 bits per heavy atom. The van der Waals surface area contributed by atoms with E-state index in [2.05, 4.69) is 5.32 Å². The van der Waals surface area contributed by atoms with Gasteiger partial charge >= 0.3 is 0 Å². The number of hydrogen-bond donors (Lipinski definition) is 1. The van der Waals surface area contributed by atoms with Gasteiger partial charge in [0.1, 0.15) is 22.8 Å². The van der Waals surface area contributed by atoms with E-state index >= 15 is 0 Å². The summed E-state index contributed by atoms with van der Waals surface area (Å²) in [4.78, 5) is 26.8. The number of carbonyl (C=O) groups is 2. The Morgan fingerprint density at radius 3 is 2.25 bits per heavy atom. The van der Waals surface area contributed by atoms with Gasteiger partial charge in [0, 0.05) is 24.7 Å². The van der Waals surface area contributed by atoms with Crippen molar-refractivity contribution in [3.63, 3.8) is 0 Å². The molecule has 1 N–H and O–H groups in total. The molecule has 0 spiro atoms. The van der Waals surface area contributed by atoms with Crippen LogP contribution in [0.5, 0.6) is 17.2 Å². The molecule has 7 nitrogen and oxygen atoms in total. The summed E-state index contributed by atoms with van der Waals surface area (Å²) in [5.41, 5.74) is 1.56. The molecule has 1 aliphatic heterocycles. The molecule has 2 aromatic rings. The monoisotopic (exact) mass is 384 g/mol. The zero-order chi connectivity index (χ0) is 20.1. The van der Waals surface area contributed by atoms with Crippen LogP contribution in [-0.4, -0.2) is 39.7 Å². The first-order valence-electron chi connectivity index (χ1n) is 9.09. The van der Waals surface area contributed by atoms with Crippen LogP contribution >= 0.6 is 0 Å². The summed E-state index contributed by atoms with van der Waals surface area (Å²) in [6, 6.07) is 10.4. The molecule has 1 heterocycles. The Morgan fingerprint density at radius 2 is 1.64 bits per heavy atom. The second-order valence-corrected chi connectivity index (χ2v) is 6.38. The van der Waals surface area contributed by atoms with Crippen molar-refractivity contribution in [3.8, 4) is 17.2 Å². The summed E-state index contributed by atoms with van der Waals surface area (Å²) >= 11 is 0. The maximum atomic E-state index is 12.8. The molecule has 2 amide bonds. The maximum Gasteiger partial charge on any atom is 0.263 e. The van der Waals surface area contributed by atoms with Crippen molar-refractivity contribution in [1.82, 2.24) is 0 Å². The Bertz CT molecular complexity index is 859. The van der Waals surface area contributed by atoms with Crippen LogP contribution < -0.4 is 24.4 Å². The number of carbonyl (C=O) groups excluding carboxylic acids is 2. The predicted octanol–water partition coefficient (Wildman–Crippen LogP) is 3.48. The number of amides is 2. The van der Waals surface area contributed by atoms with Crippen molar-refractivity contribution < 1.29 is 23.8 Å². The summed E-state index contributed by atoms with van der Waals surface area (Å²) < 4.78 is 16.1. The van der Waals surface area contributed by atoms with Gasteiger partial charge in [0.25, 0.3) is 5.91 Å². The highest BCUT2D eigenvalue weighted by Gasteiger charge is 2.23. The number of anilines is 2. The number of nitrogens with zero attached hydrogens (tertiary/aromatic N) is 1. The second-order valence-electron chi connectivity index (χ2n) is 6.38. The van der Waals surface area contributed by atoms with E-state index in [1.54, 1.807) is 48.4 Å². The predicted molar refractivity (Wildman–Crippen MR) is 107 cm³/mol. The zero-order valence-electron chi connectivity index (χ0n) is 16.3. The third-order valence-electron chi connectivity index (χ3n) is 4.71. The van der Waals surface area contributed by atoms with Crippen LogP contribution in [-0.2, 0) is 4.79 Å². The van der Waals surface area contributed by atoms with Crippen LogP contribution in [0, 0.1) is 0 Å². The largest absolute Gasteiger partial charge is 0.496 e. The first kappa shape index (κ1) is 19.5. The SMILES string of the molecule is COc1cc(NC(=O)c2c(OC)cccc2OC)ccc1N1CCCCC1=O. The van der Waals surface area contributed by atoms with Crippen molar-refractivity contribution in [1.29, 1.82) is 0 Å². The lowest BCUT2D eigenvalue weighted by Crippen LogP contribution is -2.35. The standard InChI is InChI=1S/C21H24N2O5/c1-26-16-7-6-8-17(27-2)20(16)21(25)22-14-10-11-15(18(13-14)28-3)23-12-5-4-9-19(23)24/h6-8,10-11,13H,4-5,9,12H2,1-3H3,(H,22,25). The molecule has 0 aliphatic carbocycles. The molecular weight excluding hydrogens is 360 g/mol. The second kappa shape index (κ2) is 8.65. The molecular formula is C21H24N2O5. The molecule has 1 fully saturated rings. The van der Waals surface area contributed by atoms with Gasteiger partial charge in [0.2, 0.25) is 5.91 Å². The Labute approximate surface area is 164 Å². The van der Waals surface area contributed by atoms with E-state index < -0.39 is 0 Å². The Hall–Kier alpha value is -3.22. The summed E-state index contributed by atoms with van der Waals surface area (Å²) in [6.45, 7) is 0.666. The van der Waals surface area contributed by atoms with E-state index in [-0.39, 0.29) is 11.8 Å². The first-order valence-corrected chi connectivity index (χ1v) is 9.09. The number of hydrogen-bond acceptors (Lipinski definition) is 5. The smallest absolute Gasteiger partial charge is 0.263 e. The first-order chi connectivity index (χ1) is 13.6. The molecule has 7 heteroatoms. The van der Waals surface area contributed by atoms with Gasteiger partial charge in [-0.15, -0.1) is 0 Å². The van der Waals surface area contributed by atoms with Crippen LogP contribution in [0.2, 0.25) is 0 Å². The minimum Gasteiger partial charge on any atom is -0.496 e. The van der Waals surface area contributed by atoms with Gasteiger partial charge in [-0.25, -0.2) is 0 Å². The molecule has 0 bridgehead atoms. The molecule has 1 saturated heterocycles. The zero-order valence-corrected chi connectivity index (χ0v) is 16.3. The lowest BCUT2D eigenvalue weighted by Gasteiger charge is -2.28. The number of nitrogens with one attached hydrogen (secondary N) is 1. The summed E-state index contributed by atoms with van der Waals surface area (Å²) in [5, 5.41) is 2.84. The fraction of sp³-hybridized carbons (Fsp3) is 0.333. The number of ether oxygens (including phenoxy) is 3. The average Bonchev–Trinajstić information content (AvgIpc) is 2.73. The molecule has 3 rings (SSSR count). The lowest BCUT2D eigenvalue weighted by atomic mass is 10.1. The number of rotatable bonds is 6. The van der Waals surface area contributed by atoms with E-state index in [0.29, 0.717) is 47.2 Å². The minimum absolute atomic E-state index is 0.0834.